The molecule has 1 aromatic carbocycles. The van der Waals surface area contributed by atoms with Crippen LogP contribution in [0, 0.1) is 0 Å². The number of nitrogens with one attached hydrogen (secondary N) is 1. The maximum atomic E-state index is 12.1. The molecule has 1 heterocycles. The van der Waals surface area contributed by atoms with E-state index in [4.69, 9.17) is 5.11 Å². The van der Waals surface area contributed by atoms with Gasteiger partial charge in [-0.05, 0) is 25.0 Å². The third kappa shape index (κ3) is 3.66. The monoisotopic (exact) mass is 289 g/mol. The highest BCUT2D eigenvalue weighted by molar-refractivity contribution is 5.80. The molecule has 6 heteroatoms. The molecule has 112 valence electrons. The van der Waals surface area contributed by atoms with E-state index in [9.17, 15) is 9.59 Å². The maximum Gasteiger partial charge on any atom is 0.269 e. The minimum Gasteiger partial charge on any atom is -0.396 e. The Morgan fingerprint density at radius 3 is 2.90 bits per heavy atom. The number of benzene rings is 1. The third-order valence-electron chi connectivity index (χ3n) is 3.39. The summed E-state index contributed by atoms with van der Waals surface area (Å²) in [5, 5.41) is 11.8. The molecule has 0 aliphatic rings. The molecule has 0 fully saturated rings. The van der Waals surface area contributed by atoms with E-state index in [2.05, 4.69) is 10.3 Å². The highest BCUT2D eigenvalue weighted by Crippen LogP contribution is 2.08. The fraction of sp³-hybridized carbons (Fsp3) is 0.400. The second kappa shape index (κ2) is 6.99. The number of fused-ring (bicyclic) bond motifs is 1. The van der Waals surface area contributed by atoms with Gasteiger partial charge in [0.15, 0.2) is 0 Å². The Morgan fingerprint density at radius 1 is 1.43 bits per heavy atom. The van der Waals surface area contributed by atoms with Gasteiger partial charge in [0, 0.05) is 12.6 Å². The van der Waals surface area contributed by atoms with Crippen molar-refractivity contribution in [3.63, 3.8) is 0 Å². The van der Waals surface area contributed by atoms with Crippen LogP contribution in [0.15, 0.2) is 35.3 Å². The number of carbonyl (C=O) groups is 1. The highest BCUT2D eigenvalue weighted by atomic mass is 16.3. The molecule has 0 bridgehead atoms. The molecule has 0 aliphatic heterocycles. The van der Waals surface area contributed by atoms with Crippen molar-refractivity contribution in [3.05, 3.63) is 40.8 Å². The van der Waals surface area contributed by atoms with Gasteiger partial charge in [-0.15, -0.1) is 0 Å². The van der Waals surface area contributed by atoms with Gasteiger partial charge in [-0.1, -0.05) is 19.1 Å². The minimum absolute atomic E-state index is 0.0247. The van der Waals surface area contributed by atoms with Crippen molar-refractivity contribution in [3.8, 4) is 0 Å². The van der Waals surface area contributed by atoms with Crippen LogP contribution >= 0.6 is 0 Å². The summed E-state index contributed by atoms with van der Waals surface area (Å²) in [5.41, 5.74) is 1.00. The Hall–Kier alpha value is -2.21. The van der Waals surface area contributed by atoms with Gasteiger partial charge in [0.25, 0.3) is 5.56 Å². The molecule has 1 atom stereocenters. The molecule has 2 aromatic rings. The Balaban J connectivity index is 2.21. The largest absolute Gasteiger partial charge is 0.396 e. The molecule has 1 unspecified atom stereocenters. The van der Waals surface area contributed by atoms with E-state index in [1.165, 1.54) is 10.8 Å². The van der Waals surface area contributed by atoms with E-state index >= 15 is 0 Å². The fourth-order valence-electron chi connectivity index (χ4n) is 2.23. The second-order valence-corrected chi connectivity index (χ2v) is 4.86. The summed E-state index contributed by atoms with van der Waals surface area (Å²) >= 11 is 0. The number of para-hydroxylation sites is 2. The zero-order valence-electron chi connectivity index (χ0n) is 12.0. The lowest BCUT2D eigenvalue weighted by molar-refractivity contribution is -0.122. The van der Waals surface area contributed by atoms with E-state index in [0.717, 1.165) is 6.42 Å². The van der Waals surface area contributed by atoms with Crippen molar-refractivity contribution in [1.82, 2.24) is 14.9 Å². The third-order valence-corrected chi connectivity index (χ3v) is 3.39. The van der Waals surface area contributed by atoms with Crippen molar-refractivity contribution in [1.29, 1.82) is 0 Å². The van der Waals surface area contributed by atoms with Crippen LogP contribution in [0.2, 0.25) is 0 Å². The van der Waals surface area contributed by atoms with Gasteiger partial charge in [0.05, 0.1) is 17.2 Å². The molecule has 1 amide bonds. The lowest BCUT2D eigenvalue weighted by Gasteiger charge is -2.16. The number of rotatable bonds is 6. The van der Waals surface area contributed by atoms with Crippen LogP contribution in [0.3, 0.4) is 0 Å². The quantitative estimate of drug-likeness (QED) is 0.819. The number of carbonyl (C=O) groups excluding carboxylic acids is 1. The summed E-state index contributed by atoms with van der Waals surface area (Å²) in [6.07, 6.45) is 2.47. The molecular weight excluding hydrogens is 270 g/mol. The summed E-state index contributed by atoms with van der Waals surface area (Å²) in [6, 6.07) is 7.12. The molecule has 1 aromatic heterocycles. The standard InChI is InChI=1S/C15H19N3O3/c1-2-11(7-8-19)17-14(20)10-18-13-6-4-3-5-12(13)16-9-15(18)21/h3-6,9,11,19H,2,7-8,10H2,1H3,(H,17,20). The Bertz CT molecular complexity index is 681. The summed E-state index contributed by atoms with van der Waals surface area (Å²) in [7, 11) is 0. The molecule has 6 nitrogen and oxygen atoms in total. The number of aliphatic hydroxyl groups excluding tert-OH is 1. The van der Waals surface area contributed by atoms with Crippen molar-refractivity contribution in [2.75, 3.05) is 6.61 Å². The van der Waals surface area contributed by atoms with Crippen LogP contribution in [-0.2, 0) is 11.3 Å². The van der Waals surface area contributed by atoms with E-state index in [1.54, 1.807) is 18.2 Å². The smallest absolute Gasteiger partial charge is 0.269 e. The molecule has 0 aliphatic carbocycles. The number of aromatic nitrogens is 2. The number of nitrogens with zero attached hydrogens (tertiary/aromatic N) is 2. The van der Waals surface area contributed by atoms with Crippen molar-refractivity contribution >= 4 is 16.9 Å². The number of hydrogen-bond donors (Lipinski definition) is 2. The summed E-state index contributed by atoms with van der Waals surface area (Å²) in [6.45, 7) is 1.91. The zero-order chi connectivity index (χ0) is 15.2. The second-order valence-electron chi connectivity index (χ2n) is 4.86. The van der Waals surface area contributed by atoms with Crippen LogP contribution in [0.4, 0.5) is 0 Å². The first-order valence-electron chi connectivity index (χ1n) is 7.00. The molecule has 2 rings (SSSR count). The van der Waals surface area contributed by atoms with Gasteiger partial charge in [-0.25, -0.2) is 4.98 Å². The first kappa shape index (κ1) is 15.2. The number of hydrogen-bond acceptors (Lipinski definition) is 4. The molecule has 0 radical (unpaired) electrons. The summed E-state index contributed by atoms with van der Waals surface area (Å²) < 4.78 is 1.41. The van der Waals surface area contributed by atoms with Gasteiger partial charge in [-0.2, -0.15) is 0 Å². The van der Waals surface area contributed by atoms with E-state index < -0.39 is 0 Å². The van der Waals surface area contributed by atoms with Gasteiger partial charge >= 0.3 is 0 Å². The van der Waals surface area contributed by atoms with Gasteiger partial charge in [0.2, 0.25) is 5.91 Å². The van der Waals surface area contributed by atoms with Gasteiger partial charge in [-0.3, -0.25) is 14.2 Å². The van der Waals surface area contributed by atoms with E-state index in [1.807, 2.05) is 13.0 Å². The summed E-state index contributed by atoms with van der Waals surface area (Å²) in [4.78, 5) is 28.1. The SMILES string of the molecule is CCC(CCO)NC(=O)Cn1c(=O)cnc2ccccc21. The molecular formula is C15H19N3O3. The average molecular weight is 289 g/mol. The van der Waals surface area contributed by atoms with Crippen molar-refractivity contribution < 1.29 is 9.90 Å². The predicted molar refractivity (Wildman–Crippen MR) is 79.9 cm³/mol. The number of aliphatic hydroxyl groups is 1. The normalized spacial score (nSPS) is 12.3. The minimum atomic E-state index is -0.306. The maximum absolute atomic E-state index is 12.1. The van der Waals surface area contributed by atoms with E-state index in [0.29, 0.717) is 17.5 Å². The highest BCUT2D eigenvalue weighted by Gasteiger charge is 2.12. The fourth-order valence-corrected chi connectivity index (χ4v) is 2.23. The zero-order valence-corrected chi connectivity index (χ0v) is 12.0. The molecule has 21 heavy (non-hydrogen) atoms. The van der Waals surface area contributed by atoms with Crippen molar-refractivity contribution in [2.24, 2.45) is 0 Å². The first-order valence-corrected chi connectivity index (χ1v) is 7.00. The lowest BCUT2D eigenvalue weighted by atomic mass is 10.1. The molecule has 0 saturated carbocycles. The lowest BCUT2D eigenvalue weighted by Crippen LogP contribution is -2.39. The topological polar surface area (TPSA) is 84.2 Å². The van der Waals surface area contributed by atoms with Crippen LogP contribution in [0.25, 0.3) is 11.0 Å². The number of amides is 1. The van der Waals surface area contributed by atoms with Crippen LogP contribution in [0.1, 0.15) is 19.8 Å². The van der Waals surface area contributed by atoms with E-state index in [-0.39, 0.29) is 30.7 Å². The Morgan fingerprint density at radius 2 is 2.19 bits per heavy atom. The van der Waals surface area contributed by atoms with Crippen LogP contribution in [0.5, 0.6) is 0 Å². The molecule has 0 saturated heterocycles. The van der Waals surface area contributed by atoms with Crippen molar-refractivity contribution in [2.45, 2.75) is 32.4 Å². The molecule has 0 spiro atoms. The predicted octanol–water partition coefficient (Wildman–Crippen LogP) is 0.674. The van der Waals surface area contributed by atoms with Crippen LogP contribution < -0.4 is 10.9 Å². The van der Waals surface area contributed by atoms with Gasteiger partial charge in [0.1, 0.15) is 6.54 Å². The Labute approximate surface area is 122 Å². The Kier molecular flexibility index (Phi) is 5.05. The molecule has 2 N–H and O–H groups in total. The average Bonchev–Trinajstić information content (AvgIpc) is 2.49. The van der Waals surface area contributed by atoms with Gasteiger partial charge < -0.3 is 10.4 Å². The first-order chi connectivity index (χ1) is 10.2. The van der Waals surface area contributed by atoms with Crippen LogP contribution in [-0.4, -0.2) is 33.2 Å². The summed E-state index contributed by atoms with van der Waals surface area (Å²) in [5.74, 6) is -0.242.